The molecule has 2 aromatic heterocycles. The van der Waals surface area contributed by atoms with E-state index in [-0.39, 0.29) is 17.6 Å². The van der Waals surface area contributed by atoms with E-state index in [0.29, 0.717) is 21.8 Å². The summed E-state index contributed by atoms with van der Waals surface area (Å²) in [6.07, 6.45) is 0. The molecule has 0 saturated heterocycles. The van der Waals surface area contributed by atoms with Crippen LogP contribution in [0.25, 0.3) is 21.6 Å². The van der Waals surface area contributed by atoms with Gasteiger partial charge in [0.25, 0.3) is 0 Å². The Morgan fingerprint density at radius 1 is 1.10 bits per heavy atom. The van der Waals surface area contributed by atoms with Gasteiger partial charge in [0.1, 0.15) is 0 Å². The second kappa shape index (κ2) is 8.41. The molecule has 0 bridgehead atoms. The molecule has 29 heavy (non-hydrogen) atoms. The van der Waals surface area contributed by atoms with Crippen LogP contribution in [0.3, 0.4) is 0 Å². The number of hydrogen-bond acceptors (Lipinski definition) is 7. The highest BCUT2D eigenvalue weighted by Crippen LogP contribution is 2.28. The zero-order valence-electron chi connectivity index (χ0n) is 15.3. The Hall–Kier alpha value is -3.24. The number of nitrogens with one attached hydrogen (secondary N) is 3. The number of hydrogen-bond donors (Lipinski definition) is 3. The van der Waals surface area contributed by atoms with Crippen molar-refractivity contribution in [3.8, 4) is 11.4 Å². The number of aromatic nitrogens is 4. The van der Waals surface area contributed by atoms with Gasteiger partial charge >= 0.3 is 0 Å². The maximum Gasteiger partial charge on any atom is 0.236 e. The highest BCUT2D eigenvalue weighted by atomic mass is 32.2. The van der Waals surface area contributed by atoms with Gasteiger partial charge in [-0.2, -0.15) is 0 Å². The van der Waals surface area contributed by atoms with Crippen molar-refractivity contribution in [3.63, 3.8) is 0 Å². The molecular formula is C19H16N6O2S2. The Labute approximate surface area is 174 Å². The van der Waals surface area contributed by atoms with Gasteiger partial charge in [0.15, 0.2) is 11.0 Å². The number of H-pyrrole nitrogens is 1. The van der Waals surface area contributed by atoms with E-state index in [2.05, 4.69) is 30.8 Å². The second-order valence-corrected chi connectivity index (χ2v) is 8.03. The maximum atomic E-state index is 12.3. The first-order valence-electron chi connectivity index (χ1n) is 8.65. The largest absolute Gasteiger partial charge is 0.326 e. The molecule has 2 amide bonds. The molecule has 0 unspecified atom stereocenters. The Kier molecular flexibility index (Phi) is 5.54. The normalized spacial score (nSPS) is 10.8. The van der Waals surface area contributed by atoms with Gasteiger partial charge in [0.05, 0.1) is 16.0 Å². The molecule has 0 aliphatic heterocycles. The van der Waals surface area contributed by atoms with Crippen LogP contribution in [-0.4, -0.2) is 37.7 Å². The molecular weight excluding hydrogens is 408 g/mol. The van der Waals surface area contributed by atoms with Gasteiger partial charge < -0.3 is 10.6 Å². The number of aromatic amines is 1. The third-order valence-electron chi connectivity index (χ3n) is 3.80. The maximum absolute atomic E-state index is 12.3. The monoisotopic (exact) mass is 424 g/mol. The summed E-state index contributed by atoms with van der Waals surface area (Å²) in [7, 11) is 0. The first-order valence-corrected chi connectivity index (χ1v) is 10.5. The zero-order chi connectivity index (χ0) is 20.2. The summed E-state index contributed by atoms with van der Waals surface area (Å²) in [5, 5.41) is 13.6. The van der Waals surface area contributed by atoms with Gasteiger partial charge in [0, 0.05) is 18.2 Å². The third-order valence-corrected chi connectivity index (χ3v) is 5.58. The molecule has 146 valence electrons. The molecule has 10 heteroatoms. The summed E-state index contributed by atoms with van der Waals surface area (Å²) < 4.78 is 0.876. The first kappa shape index (κ1) is 19.1. The van der Waals surface area contributed by atoms with Gasteiger partial charge in [-0.1, -0.05) is 53.4 Å². The van der Waals surface area contributed by atoms with E-state index in [4.69, 9.17) is 0 Å². The van der Waals surface area contributed by atoms with Crippen molar-refractivity contribution in [1.82, 2.24) is 20.2 Å². The summed E-state index contributed by atoms with van der Waals surface area (Å²) >= 11 is 2.59. The van der Waals surface area contributed by atoms with Crippen molar-refractivity contribution in [1.29, 1.82) is 0 Å². The fourth-order valence-corrected chi connectivity index (χ4v) is 4.10. The van der Waals surface area contributed by atoms with Crippen LogP contribution in [0.4, 0.5) is 10.8 Å². The second-order valence-electron chi connectivity index (χ2n) is 6.05. The van der Waals surface area contributed by atoms with Gasteiger partial charge in [-0.25, -0.2) is 9.97 Å². The Balaban J connectivity index is 1.36. The lowest BCUT2D eigenvalue weighted by atomic mass is 10.2. The number of rotatable bonds is 6. The summed E-state index contributed by atoms with van der Waals surface area (Å²) in [6.45, 7) is 1.46. The number of carbonyl (C=O) groups excluding carboxylic acids is 2. The minimum Gasteiger partial charge on any atom is -0.326 e. The predicted octanol–water partition coefficient (Wildman–Crippen LogP) is 3.77. The van der Waals surface area contributed by atoms with Gasteiger partial charge in [-0.15, -0.1) is 5.10 Å². The van der Waals surface area contributed by atoms with Crippen LogP contribution in [-0.2, 0) is 9.59 Å². The molecule has 2 aromatic carbocycles. The predicted molar refractivity (Wildman–Crippen MR) is 115 cm³/mol. The van der Waals surface area contributed by atoms with E-state index < -0.39 is 0 Å². The highest BCUT2D eigenvalue weighted by Gasteiger charge is 2.12. The topological polar surface area (TPSA) is 113 Å². The van der Waals surface area contributed by atoms with Crippen LogP contribution in [0, 0.1) is 0 Å². The van der Waals surface area contributed by atoms with E-state index in [1.165, 1.54) is 30.0 Å². The average Bonchev–Trinajstić information content (AvgIpc) is 3.33. The molecule has 3 N–H and O–H groups in total. The van der Waals surface area contributed by atoms with Crippen molar-refractivity contribution < 1.29 is 9.59 Å². The van der Waals surface area contributed by atoms with E-state index in [1.54, 1.807) is 12.1 Å². The molecule has 0 fully saturated rings. The SMILES string of the molecule is CC(=O)Nc1ccc2nc(NC(=O)CSc3n[nH]c(-c4ccccc4)n3)sc2c1. The molecule has 4 rings (SSSR count). The first-order chi connectivity index (χ1) is 14.1. The lowest BCUT2D eigenvalue weighted by molar-refractivity contribution is -0.114. The number of nitrogens with zero attached hydrogens (tertiary/aromatic N) is 3. The molecule has 2 heterocycles. The number of anilines is 2. The third kappa shape index (κ3) is 4.79. The average molecular weight is 425 g/mol. The van der Waals surface area contributed by atoms with Gasteiger partial charge in [0.2, 0.25) is 17.0 Å². The summed E-state index contributed by atoms with van der Waals surface area (Å²) in [6, 6.07) is 15.1. The molecule has 0 saturated carbocycles. The van der Waals surface area contributed by atoms with Crippen molar-refractivity contribution in [2.75, 3.05) is 16.4 Å². The van der Waals surface area contributed by atoms with Crippen LogP contribution in [0.1, 0.15) is 6.92 Å². The zero-order valence-corrected chi connectivity index (χ0v) is 16.9. The Morgan fingerprint density at radius 2 is 1.93 bits per heavy atom. The molecule has 0 aliphatic rings. The van der Waals surface area contributed by atoms with E-state index in [0.717, 1.165) is 15.8 Å². The molecule has 8 nitrogen and oxygen atoms in total. The van der Waals surface area contributed by atoms with Crippen molar-refractivity contribution >= 4 is 55.9 Å². The van der Waals surface area contributed by atoms with Gasteiger partial charge in [-0.3, -0.25) is 14.7 Å². The van der Waals surface area contributed by atoms with Crippen LogP contribution >= 0.6 is 23.1 Å². The van der Waals surface area contributed by atoms with Crippen molar-refractivity contribution in [2.24, 2.45) is 0 Å². The van der Waals surface area contributed by atoms with Crippen molar-refractivity contribution in [2.45, 2.75) is 12.1 Å². The fraction of sp³-hybridized carbons (Fsp3) is 0.105. The summed E-state index contributed by atoms with van der Waals surface area (Å²) in [4.78, 5) is 32.2. The standard InChI is InChI=1S/C19H16N6O2S2/c1-11(26)20-13-7-8-14-15(9-13)29-18(21-14)22-16(27)10-28-19-23-17(24-25-19)12-5-3-2-4-6-12/h2-9H,10H2,1H3,(H,20,26)(H,21,22,27)(H,23,24,25). The minimum absolute atomic E-state index is 0.137. The molecule has 0 radical (unpaired) electrons. The smallest absolute Gasteiger partial charge is 0.236 e. The van der Waals surface area contributed by atoms with E-state index in [9.17, 15) is 9.59 Å². The fourth-order valence-electron chi connectivity index (χ4n) is 2.58. The van der Waals surface area contributed by atoms with Crippen LogP contribution in [0.5, 0.6) is 0 Å². The number of benzene rings is 2. The molecule has 0 atom stereocenters. The van der Waals surface area contributed by atoms with E-state index in [1.807, 2.05) is 36.4 Å². The number of fused-ring (bicyclic) bond motifs is 1. The Bertz CT molecular complexity index is 1170. The minimum atomic E-state index is -0.192. The highest BCUT2D eigenvalue weighted by molar-refractivity contribution is 7.99. The number of carbonyl (C=O) groups is 2. The molecule has 4 aromatic rings. The quantitative estimate of drug-likeness (QED) is 0.406. The number of amides is 2. The van der Waals surface area contributed by atoms with Crippen molar-refractivity contribution in [3.05, 3.63) is 48.5 Å². The molecule has 0 aliphatic carbocycles. The molecule has 0 spiro atoms. The summed E-state index contributed by atoms with van der Waals surface area (Å²) in [5.41, 5.74) is 2.39. The number of thioether (sulfide) groups is 1. The van der Waals surface area contributed by atoms with Crippen LogP contribution in [0.15, 0.2) is 53.7 Å². The van der Waals surface area contributed by atoms with E-state index >= 15 is 0 Å². The lowest BCUT2D eigenvalue weighted by Crippen LogP contribution is -2.13. The summed E-state index contributed by atoms with van der Waals surface area (Å²) in [5.74, 6) is 0.498. The van der Waals surface area contributed by atoms with Crippen LogP contribution < -0.4 is 10.6 Å². The van der Waals surface area contributed by atoms with Gasteiger partial charge in [-0.05, 0) is 18.2 Å². The van der Waals surface area contributed by atoms with Crippen LogP contribution in [0.2, 0.25) is 0 Å². The Morgan fingerprint density at radius 3 is 2.72 bits per heavy atom. The number of thiazole rings is 1. The lowest BCUT2D eigenvalue weighted by Gasteiger charge is -1.99.